The summed E-state index contributed by atoms with van der Waals surface area (Å²) < 4.78 is 11.8. The van der Waals surface area contributed by atoms with Crippen LogP contribution in [0.1, 0.15) is 10.4 Å². The zero-order valence-electron chi connectivity index (χ0n) is 15.0. The molecule has 8 nitrogen and oxygen atoms in total. The minimum atomic E-state index is -0.394. The van der Waals surface area contributed by atoms with Gasteiger partial charge in [0, 0.05) is 16.2 Å². The molecule has 4 rings (SSSR count). The SMILES string of the molecule is O=C(CSc1nnc(NC(=O)c2cc(Br)ccc2Cl)s1)Nc1ccc2c(c1)OCO2. The number of benzene rings is 2. The molecule has 0 bridgehead atoms. The van der Waals surface area contributed by atoms with Crippen LogP contribution in [-0.4, -0.2) is 34.6 Å². The third-order valence-corrected chi connectivity index (χ3v) is 6.58. The Bertz CT molecular complexity index is 1130. The molecule has 0 aliphatic carbocycles. The molecule has 154 valence electrons. The molecule has 0 fully saturated rings. The maximum atomic E-state index is 12.4. The van der Waals surface area contributed by atoms with Gasteiger partial charge >= 0.3 is 0 Å². The molecule has 0 saturated heterocycles. The van der Waals surface area contributed by atoms with Crippen molar-refractivity contribution in [1.29, 1.82) is 0 Å². The summed E-state index contributed by atoms with van der Waals surface area (Å²) in [5.74, 6) is 0.773. The highest BCUT2D eigenvalue weighted by Crippen LogP contribution is 2.34. The van der Waals surface area contributed by atoms with Crippen molar-refractivity contribution in [2.75, 3.05) is 23.2 Å². The second-order valence-electron chi connectivity index (χ2n) is 5.86. The third kappa shape index (κ3) is 5.04. The summed E-state index contributed by atoms with van der Waals surface area (Å²) in [7, 11) is 0. The molecule has 1 aromatic heterocycles. The molecule has 30 heavy (non-hydrogen) atoms. The number of amides is 2. The summed E-state index contributed by atoms with van der Waals surface area (Å²) in [6.45, 7) is 0.173. The number of ether oxygens (including phenoxy) is 2. The van der Waals surface area contributed by atoms with E-state index in [1.165, 1.54) is 23.1 Å². The molecule has 2 N–H and O–H groups in total. The maximum absolute atomic E-state index is 12.4. The van der Waals surface area contributed by atoms with Crippen molar-refractivity contribution in [3.8, 4) is 11.5 Å². The number of carbonyl (C=O) groups excluding carboxylic acids is 2. The van der Waals surface area contributed by atoms with Crippen LogP contribution >= 0.6 is 50.6 Å². The van der Waals surface area contributed by atoms with E-state index < -0.39 is 5.91 Å². The van der Waals surface area contributed by atoms with Gasteiger partial charge in [0.25, 0.3) is 5.91 Å². The van der Waals surface area contributed by atoms with Gasteiger partial charge in [-0.3, -0.25) is 14.9 Å². The van der Waals surface area contributed by atoms with Crippen molar-refractivity contribution in [2.24, 2.45) is 0 Å². The van der Waals surface area contributed by atoms with E-state index in [1.54, 1.807) is 36.4 Å². The summed E-state index contributed by atoms with van der Waals surface area (Å²) >= 11 is 11.8. The fourth-order valence-corrected chi connectivity index (χ4v) is 4.56. The second kappa shape index (κ2) is 9.21. The lowest BCUT2D eigenvalue weighted by Gasteiger charge is -2.05. The van der Waals surface area contributed by atoms with Crippen molar-refractivity contribution >= 4 is 73.3 Å². The van der Waals surface area contributed by atoms with Gasteiger partial charge in [-0.05, 0) is 30.3 Å². The molecule has 2 heterocycles. The standard InChI is InChI=1S/C18H12BrClN4O4S2/c19-9-1-3-12(20)11(5-9)16(26)22-17-23-24-18(30-17)29-7-15(25)21-10-2-4-13-14(6-10)28-8-27-13/h1-6H,7-8H2,(H,21,25)(H,22,23,26). The summed E-state index contributed by atoms with van der Waals surface area (Å²) in [4.78, 5) is 24.6. The van der Waals surface area contributed by atoms with Crippen molar-refractivity contribution in [3.63, 3.8) is 0 Å². The molecular weight excluding hydrogens is 516 g/mol. The lowest BCUT2D eigenvalue weighted by atomic mass is 10.2. The van der Waals surface area contributed by atoms with E-state index in [4.69, 9.17) is 21.1 Å². The third-order valence-electron chi connectivity index (χ3n) is 3.78. The molecule has 0 atom stereocenters. The van der Waals surface area contributed by atoms with Gasteiger partial charge in [-0.25, -0.2) is 0 Å². The van der Waals surface area contributed by atoms with Crippen molar-refractivity contribution in [2.45, 2.75) is 4.34 Å². The zero-order valence-corrected chi connectivity index (χ0v) is 19.0. The lowest BCUT2D eigenvalue weighted by Crippen LogP contribution is -2.13. The molecule has 12 heteroatoms. The molecular formula is C18H12BrClN4O4S2. The van der Waals surface area contributed by atoms with Gasteiger partial charge in [-0.15, -0.1) is 10.2 Å². The quantitative estimate of drug-likeness (QED) is 0.355. The highest BCUT2D eigenvalue weighted by molar-refractivity contribution is 9.10. The number of hydrogen-bond acceptors (Lipinski definition) is 8. The predicted molar refractivity (Wildman–Crippen MR) is 119 cm³/mol. The summed E-state index contributed by atoms with van der Waals surface area (Å²) in [6, 6.07) is 10.2. The zero-order chi connectivity index (χ0) is 21.1. The van der Waals surface area contributed by atoms with Crippen LogP contribution < -0.4 is 20.1 Å². The monoisotopic (exact) mass is 526 g/mol. The van der Waals surface area contributed by atoms with Crippen LogP contribution in [0, 0.1) is 0 Å². The minimum Gasteiger partial charge on any atom is -0.454 e. The van der Waals surface area contributed by atoms with Gasteiger partial charge in [0.1, 0.15) is 0 Å². The smallest absolute Gasteiger partial charge is 0.259 e. The van der Waals surface area contributed by atoms with Crippen LogP contribution in [0.15, 0.2) is 45.2 Å². The van der Waals surface area contributed by atoms with E-state index in [1.807, 2.05) is 0 Å². The van der Waals surface area contributed by atoms with Crippen molar-refractivity contribution in [3.05, 3.63) is 51.5 Å². The van der Waals surface area contributed by atoms with Gasteiger partial charge in [0.05, 0.1) is 16.3 Å². The van der Waals surface area contributed by atoms with Crippen molar-refractivity contribution in [1.82, 2.24) is 10.2 Å². The van der Waals surface area contributed by atoms with Crippen LogP contribution in [0.2, 0.25) is 5.02 Å². The van der Waals surface area contributed by atoms with E-state index >= 15 is 0 Å². The average molecular weight is 528 g/mol. The highest BCUT2D eigenvalue weighted by atomic mass is 79.9. The molecule has 2 aromatic carbocycles. The molecule has 0 spiro atoms. The number of aromatic nitrogens is 2. The van der Waals surface area contributed by atoms with Gasteiger partial charge < -0.3 is 14.8 Å². The normalized spacial score (nSPS) is 11.9. The van der Waals surface area contributed by atoms with Crippen LogP contribution in [0.25, 0.3) is 0 Å². The molecule has 1 aliphatic heterocycles. The van der Waals surface area contributed by atoms with Crippen LogP contribution in [0.5, 0.6) is 11.5 Å². The number of nitrogens with one attached hydrogen (secondary N) is 2. The van der Waals surface area contributed by atoms with E-state index in [0.29, 0.717) is 37.2 Å². The number of carbonyl (C=O) groups is 2. The van der Waals surface area contributed by atoms with Crippen molar-refractivity contribution < 1.29 is 19.1 Å². The van der Waals surface area contributed by atoms with Gasteiger partial charge in [0.2, 0.25) is 17.8 Å². The van der Waals surface area contributed by atoms with Gasteiger partial charge in [-0.1, -0.05) is 50.6 Å². The topological polar surface area (TPSA) is 102 Å². The second-order valence-corrected chi connectivity index (χ2v) is 9.38. The van der Waals surface area contributed by atoms with Crippen LogP contribution in [0.4, 0.5) is 10.8 Å². The number of nitrogens with zero attached hydrogens (tertiary/aromatic N) is 2. The Labute approximate surface area is 192 Å². The molecule has 0 unspecified atom stereocenters. The summed E-state index contributed by atoms with van der Waals surface area (Å²) in [6.07, 6.45) is 0. The Morgan fingerprint density at radius 3 is 2.83 bits per heavy atom. The first kappa shape index (κ1) is 20.9. The van der Waals surface area contributed by atoms with E-state index in [0.717, 1.165) is 4.47 Å². The fraction of sp³-hybridized carbons (Fsp3) is 0.111. The maximum Gasteiger partial charge on any atom is 0.259 e. The fourth-order valence-electron chi connectivity index (χ4n) is 2.45. The first-order chi connectivity index (χ1) is 14.5. The number of hydrogen-bond donors (Lipinski definition) is 2. The molecule has 2 amide bonds. The summed E-state index contributed by atoms with van der Waals surface area (Å²) in [5, 5.41) is 14.0. The Hall–Kier alpha value is -2.34. The summed E-state index contributed by atoms with van der Waals surface area (Å²) in [5.41, 5.74) is 0.930. The Morgan fingerprint density at radius 1 is 1.13 bits per heavy atom. The largest absolute Gasteiger partial charge is 0.454 e. The number of anilines is 2. The predicted octanol–water partition coefficient (Wildman–Crippen LogP) is 4.67. The van der Waals surface area contributed by atoms with E-state index in [9.17, 15) is 9.59 Å². The Balaban J connectivity index is 1.30. The Kier molecular flexibility index (Phi) is 6.42. The minimum absolute atomic E-state index is 0.133. The van der Waals surface area contributed by atoms with Gasteiger partial charge in [0.15, 0.2) is 15.8 Å². The first-order valence-electron chi connectivity index (χ1n) is 8.40. The van der Waals surface area contributed by atoms with Crippen LogP contribution in [0.3, 0.4) is 0 Å². The molecule has 0 saturated carbocycles. The number of fused-ring (bicyclic) bond motifs is 1. The highest BCUT2D eigenvalue weighted by Gasteiger charge is 2.16. The van der Waals surface area contributed by atoms with E-state index in [-0.39, 0.29) is 18.5 Å². The lowest BCUT2D eigenvalue weighted by molar-refractivity contribution is -0.113. The molecule has 1 aliphatic rings. The number of halogens is 2. The molecule has 0 radical (unpaired) electrons. The number of thioether (sulfide) groups is 1. The first-order valence-corrected chi connectivity index (χ1v) is 11.4. The van der Waals surface area contributed by atoms with Crippen LogP contribution in [-0.2, 0) is 4.79 Å². The molecule has 3 aromatic rings. The average Bonchev–Trinajstić information content (AvgIpc) is 3.37. The number of rotatable bonds is 6. The Morgan fingerprint density at radius 2 is 1.97 bits per heavy atom. The van der Waals surface area contributed by atoms with Gasteiger partial charge in [-0.2, -0.15) is 0 Å². The van der Waals surface area contributed by atoms with E-state index in [2.05, 4.69) is 36.8 Å².